The van der Waals surface area contributed by atoms with Crippen molar-refractivity contribution < 1.29 is 14.3 Å². The Hall–Kier alpha value is -1.32. The van der Waals surface area contributed by atoms with Crippen LogP contribution in [-0.2, 0) is 14.3 Å². The van der Waals surface area contributed by atoms with Crippen LogP contribution in [0.5, 0.6) is 0 Å². The number of unbranched alkanes of at least 4 members (excludes halogenated alkanes) is 1. The number of carbonyl (C=O) groups is 2. The first-order valence-corrected chi connectivity index (χ1v) is 8.20. The summed E-state index contributed by atoms with van der Waals surface area (Å²) in [6.07, 6.45) is 7.29. The van der Waals surface area contributed by atoms with Gasteiger partial charge in [0.05, 0.1) is 12.5 Å². The molecule has 0 radical (unpaired) electrons. The third-order valence-electron chi connectivity index (χ3n) is 4.32. The average Bonchev–Trinajstić information content (AvgIpc) is 2.54. The lowest BCUT2D eigenvalue weighted by molar-refractivity contribution is -0.152. The van der Waals surface area contributed by atoms with E-state index < -0.39 is 0 Å². The number of amides is 1. The Morgan fingerprint density at radius 3 is 2.52 bits per heavy atom. The molecule has 0 spiro atoms. The fraction of sp³-hybridized carbons (Fsp3) is 0.765. The SMILES string of the molecule is C=CC(=O)N1CCC(C(=O)OCC(CC)CCCC)CC1. The van der Waals surface area contributed by atoms with E-state index in [0.717, 1.165) is 12.8 Å². The molecule has 0 aromatic heterocycles. The second-order valence-electron chi connectivity index (χ2n) is 5.85. The summed E-state index contributed by atoms with van der Waals surface area (Å²) in [5.41, 5.74) is 0. The minimum Gasteiger partial charge on any atom is -0.465 e. The monoisotopic (exact) mass is 295 g/mol. The lowest BCUT2D eigenvalue weighted by Gasteiger charge is -2.30. The molecule has 0 bridgehead atoms. The van der Waals surface area contributed by atoms with Crippen molar-refractivity contribution in [3.63, 3.8) is 0 Å². The molecule has 4 heteroatoms. The zero-order valence-corrected chi connectivity index (χ0v) is 13.5. The van der Waals surface area contributed by atoms with Gasteiger partial charge in [-0.15, -0.1) is 0 Å². The van der Waals surface area contributed by atoms with Crippen LogP contribution in [0.25, 0.3) is 0 Å². The zero-order valence-electron chi connectivity index (χ0n) is 13.5. The van der Waals surface area contributed by atoms with Gasteiger partial charge in [0.15, 0.2) is 0 Å². The van der Waals surface area contributed by atoms with E-state index >= 15 is 0 Å². The van der Waals surface area contributed by atoms with Gasteiger partial charge in [-0.1, -0.05) is 39.7 Å². The van der Waals surface area contributed by atoms with Crippen LogP contribution in [-0.4, -0.2) is 36.5 Å². The van der Waals surface area contributed by atoms with Gasteiger partial charge in [0, 0.05) is 13.1 Å². The maximum atomic E-state index is 12.1. The molecule has 4 nitrogen and oxygen atoms in total. The van der Waals surface area contributed by atoms with Crippen molar-refractivity contribution in [1.29, 1.82) is 0 Å². The van der Waals surface area contributed by atoms with E-state index in [1.807, 2.05) is 0 Å². The van der Waals surface area contributed by atoms with E-state index in [4.69, 9.17) is 4.74 Å². The summed E-state index contributed by atoms with van der Waals surface area (Å²) < 4.78 is 5.49. The van der Waals surface area contributed by atoms with Gasteiger partial charge >= 0.3 is 5.97 Å². The molecule has 1 aliphatic heterocycles. The summed E-state index contributed by atoms with van der Waals surface area (Å²) in [6, 6.07) is 0. The van der Waals surface area contributed by atoms with Gasteiger partial charge in [0.1, 0.15) is 0 Å². The fourth-order valence-corrected chi connectivity index (χ4v) is 2.68. The maximum Gasteiger partial charge on any atom is 0.309 e. The molecule has 0 N–H and O–H groups in total. The molecular weight excluding hydrogens is 266 g/mol. The van der Waals surface area contributed by atoms with Gasteiger partial charge in [-0.3, -0.25) is 9.59 Å². The van der Waals surface area contributed by atoms with Crippen molar-refractivity contribution in [2.24, 2.45) is 11.8 Å². The molecule has 1 atom stereocenters. The maximum absolute atomic E-state index is 12.1. The minimum absolute atomic E-state index is 0.0487. The largest absolute Gasteiger partial charge is 0.465 e. The van der Waals surface area contributed by atoms with Gasteiger partial charge in [0.25, 0.3) is 0 Å². The van der Waals surface area contributed by atoms with Gasteiger partial charge in [0.2, 0.25) is 5.91 Å². The van der Waals surface area contributed by atoms with Crippen LogP contribution in [0.1, 0.15) is 52.4 Å². The topological polar surface area (TPSA) is 46.6 Å². The van der Waals surface area contributed by atoms with Crippen LogP contribution in [0.2, 0.25) is 0 Å². The highest BCUT2D eigenvalue weighted by Crippen LogP contribution is 2.20. The van der Waals surface area contributed by atoms with Gasteiger partial charge < -0.3 is 9.64 Å². The quantitative estimate of drug-likeness (QED) is 0.510. The molecule has 0 aliphatic carbocycles. The van der Waals surface area contributed by atoms with Crippen molar-refractivity contribution in [1.82, 2.24) is 4.90 Å². The molecular formula is C17H29NO3. The number of carbonyl (C=O) groups excluding carboxylic acids is 2. The van der Waals surface area contributed by atoms with Crippen LogP contribution in [0.4, 0.5) is 0 Å². The first-order chi connectivity index (χ1) is 10.1. The predicted molar refractivity (Wildman–Crippen MR) is 83.8 cm³/mol. The Balaban J connectivity index is 2.30. The van der Waals surface area contributed by atoms with Crippen LogP contribution in [0.15, 0.2) is 12.7 Å². The number of hydrogen-bond donors (Lipinski definition) is 0. The second kappa shape index (κ2) is 9.59. The van der Waals surface area contributed by atoms with E-state index in [9.17, 15) is 9.59 Å². The Labute approximate surface area is 128 Å². The van der Waals surface area contributed by atoms with Gasteiger partial charge in [-0.2, -0.15) is 0 Å². The molecule has 120 valence electrons. The van der Waals surface area contributed by atoms with E-state index in [-0.39, 0.29) is 17.8 Å². The molecule has 21 heavy (non-hydrogen) atoms. The molecule has 1 unspecified atom stereocenters. The van der Waals surface area contributed by atoms with Crippen LogP contribution in [0, 0.1) is 11.8 Å². The van der Waals surface area contributed by atoms with Gasteiger partial charge in [-0.05, 0) is 31.3 Å². The number of ether oxygens (including phenoxy) is 1. The Morgan fingerprint density at radius 2 is 2.00 bits per heavy atom. The second-order valence-corrected chi connectivity index (χ2v) is 5.85. The molecule has 1 amide bonds. The van der Waals surface area contributed by atoms with Crippen LogP contribution in [0.3, 0.4) is 0 Å². The summed E-state index contributed by atoms with van der Waals surface area (Å²) >= 11 is 0. The van der Waals surface area contributed by atoms with Crippen molar-refractivity contribution in [3.8, 4) is 0 Å². The van der Waals surface area contributed by atoms with E-state index in [1.54, 1.807) is 4.90 Å². The van der Waals surface area contributed by atoms with Crippen LogP contribution < -0.4 is 0 Å². The zero-order chi connectivity index (χ0) is 15.7. The molecule has 0 saturated carbocycles. The number of piperidine rings is 1. The molecule has 1 aliphatic rings. The lowest BCUT2D eigenvalue weighted by Crippen LogP contribution is -2.40. The molecule has 1 saturated heterocycles. The number of nitrogens with zero attached hydrogens (tertiary/aromatic N) is 1. The first-order valence-electron chi connectivity index (χ1n) is 8.20. The average molecular weight is 295 g/mol. The summed E-state index contributed by atoms with van der Waals surface area (Å²) in [6.45, 7) is 9.60. The molecule has 0 aromatic rings. The van der Waals surface area contributed by atoms with E-state index in [2.05, 4.69) is 20.4 Å². The van der Waals surface area contributed by atoms with Crippen molar-refractivity contribution in [2.45, 2.75) is 52.4 Å². The first kappa shape index (κ1) is 17.7. The van der Waals surface area contributed by atoms with Crippen molar-refractivity contribution in [3.05, 3.63) is 12.7 Å². The molecule has 1 heterocycles. The minimum atomic E-state index is -0.0874. The predicted octanol–water partition coefficient (Wildman–Crippen LogP) is 3.17. The van der Waals surface area contributed by atoms with E-state index in [0.29, 0.717) is 38.5 Å². The number of likely N-dealkylation sites (tertiary alicyclic amines) is 1. The normalized spacial score (nSPS) is 17.3. The number of esters is 1. The van der Waals surface area contributed by atoms with Crippen molar-refractivity contribution >= 4 is 11.9 Å². The Bertz CT molecular complexity index is 346. The number of hydrogen-bond acceptors (Lipinski definition) is 3. The third-order valence-corrected chi connectivity index (χ3v) is 4.32. The highest BCUT2D eigenvalue weighted by atomic mass is 16.5. The van der Waals surface area contributed by atoms with Crippen molar-refractivity contribution in [2.75, 3.05) is 19.7 Å². The summed E-state index contributed by atoms with van der Waals surface area (Å²) in [7, 11) is 0. The molecule has 0 aromatic carbocycles. The number of rotatable bonds is 8. The molecule has 1 rings (SSSR count). The summed E-state index contributed by atoms with van der Waals surface area (Å²) in [5.74, 6) is 0.293. The van der Waals surface area contributed by atoms with Gasteiger partial charge in [-0.25, -0.2) is 0 Å². The highest BCUT2D eigenvalue weighted by molar-refractivity contribution is 5.87. The summed E-state index contributed by atoms with van der Waals surface area (Å²) in [4.78, 5) is 25.3. The Morgan fingerprint density at radius 1 is 1.33 bits per heavy atom. The smallest absolute Gasteiger partial charge is 0.309 e. The standard InChI is InChI=1S/C17H29NO3/c1-4-7-8-14(5-2)13-21-17(20)15-9-11-18(12-10-15)16(19)6-3/h6,14-15H,3-5,7-13H2,1-2H3. The van der Waals surface area contributed by atoms with E-state index in [1.165, 1.54) is 18.9 Å². The summed E-state index contributed by atoms with van der Waals surface area (Å²) in [5, 5.41) is 0. The highest BCUT2D eigenvalue weighted by Gasteiger charge is 2.27. The molecule has 1 fully saturated rings. The Kier molecular flexibility index (Phi) is 8.09. The van der Waals surface area contributed by atoms with Crippen LogP contribution >= 0.6 is 0 Å². The fourth-order valence-electron chi connectivity index (χ4n) is 2.68. The third kappa shape index (κ3) is 5.90. The lowest BCUT2D eigenvalue weighted by atomic mass is 9.96.